The molecule has 3 rings (SSSR count). The molecule has 0 fully saturated rings. The summed E-state index contributed by atoms with van der Waals surface area (Å²) < 4.78 is 0. The molecule has 0 bridgehead atoms. The molecular weight excluding hydrogens is 432 g/mol. The van der Waals surface area contributed by atoms with Crippen molar-refractivity contribution >= 4 is 11.8 Å². The molecule has 0 aromatic heterocycles. The predicted octanol–water partition coefficient (Wildman–Crippen LogP) is 5.61. The molecule has 0 radical (unpaired) electrons. The maximum Gasteiger partial charge on any atom is 0.242 e. The summed E-state index contributed by atoms with van der Waals surface area (Å²) in [5.74, 6) is -0.164. The van der Waals surface area contributed by atoms with E-state index in [1.165, 1.54) is 5.56 Å². The molecule has 0 heterocycles. The number of hydrogen-bond acceptors (Lipinski definition) is 2. The summed E-state index contributed by atoms with van der Waals surface area (Å²) in [4.78, 5) is 28.5. The summed E-state index contributed by atoms with van der Waals surface area (Å²) in [6, 6.07) is 25.9. The molecule has 35 heavy (non-hydrogen) atoms. The lowest BCUT2D eigenvalue weighted by Gasteiger charge is -2.31. The van der Waals surface area contributed by atoms with Gasteiger partial charge in [-0.2, -0.15) is 0 Å². The average Bonchev–Trinajstić information content (AvgIpc) is 2.85. The van der Waals surface area contributed by atoms with Crippen LogP contribution in [0.25, 0.3) is 0 Å². The molecule has 0 aliphatic heterocycles. The highest BCUT2D eigenvalue weighted by molar-refractivity contribution is 5.88. The second-order valence-electron chi connectivity index (χ2n) is 10.2. The number of carbonyl (C=O) groups excluding carboxylic acids is 2. The normalized spacial score (nSPS) is 12.1. The Morgan fingerprint density at radius 2 is 1.49 bits per heavy atom. The van der Waals surface area contributed by atoms with Gasteiger partial charge in [0.25, 0.3) is 0 Å². The third-order valence-corrected chi connectivity index (χ3v) is 6.57. The highest BCUT2D eigenvalue weighted by atomic mass is 16.2. The lowest BCUT2D eigenvalue weighted by molar-refractivity contribution is -0.141. The third kappa shape index (κ3) is 7.29. The highest BCUT2D eigenvalue weighted by Crippen LogP contribution is 2.23. The first kappa shape index (κ1) is 26.2. The van der Waals surface area contributed by atoms with E-state index < -0.39 is 6.04 Å². The molecule has 0 spiro atoms. The van der Waals surface area contributed by atoms with Crippen molar-refractivity contribution < 1.29 is 9.59 Å². The number of nitrogens with one attached hydrogen (secondary N) is 1. The monoisotopic (exact) mass is 470 g/mol. The summed E-state index contributed by atoms with van der Waals surface area (Å²) >= 11 is 0. The Bertz CT molecular complexity index is 1110. The van der Waals surface area contributed by atoms with Gasteiger partial charge in [-0.15, -0.1) is 0 Å². The predicted molar refractivity (Wildman–Crippen MR) is 143 cm³/mol. The molecule has 4 nitrogen and oxygen atoms in total. The summed E-state index contributed by atoms with van der Waals surface area (Å²) in [5.41, 5.74) is 5.69. The first-order valence-corrected chi connectivity index (χ1v) is 12.4. The van der Waals surface area contributed by atoms with Crippen molar-refractivity contribution in [3.63, 3.8) is 0 Å². The standard InChI is InChI=1S/C31H38N2O2/c1-23-11-9-10-14-26(23)22-33(28(30(35)32-5)21-25-12-7-6-8-13-25)29(34)20-17-24-15-18-27(19-16-24)31(2,3)4/h6-16,18-19,28H,17,20-22H2,1-5H3,(H,32,35)/t28-/m0/s1. The molecule has 0 saturated heterocycles. The van der Waals surface area contributed by atoms with Crippen LogP contribution in [0.1, 0.15) is 55.0 Å². The molecule has 0 unspecified atom stereocenters. The number of hydrogen-bond donors (Lipinski definition) is 1. The maximum absolute atomic E-state index is 13.7. The van der Waals surface area contributed by atoms with Gasteiger partial charge in [0, 0.05) is 26.4 Å². The van der Waals surface area contributed by atoms with E-state index in [0.717, 1.165) is 22.3 Å². The molecule has 0 saturated carbocycles. The van der Waals surface area contributed by atoms with Crippen molar-refractivity contribution in [2.24, 2.45) is 0 Å². The van der Waals surface area contributed by atoms with E-state index in [-0.39, 0.29) is 17.2 Å². The van der Waals surface area contributed by atoms with Gasteiger partial charge in [0.15, 0.2) is 0 Å². The van der Waals surface area contributed by atoms with E-state index in [0.29, 0.717) is 25.8 Å². The van der Waals surface area contributed by atoms with Gasteiger partial charge >= 0.3 is 0 Å². The minimum atomic E-state index is -0.585. The number of carbonyl (C=O) groups is 2. The van der Waals surface area contributed by atoms with Crippen LogP contribution in [0.15, 0.2) is 78.9 Å². The van der Waals surface area contributed by atoms with E-state index in [2.05, 4.69) is 50.4 Å². The number of likely N-dealkylation sites (N-methyl/N-ethyl adjacent to an activating group) is 1. The zero-order chi connectivity index (χ0) is 25.4. The second-order valence-corrected chi connectivity index (χ2v) is 10.2. The quantitative estimate of drug-likeness (QED) is 0.442. The fourth-order valence-corrected chi connectivity index (χ4v) is 4.26. The van der Waals surface area contributed by atoms with Crippen LogP contribution in [0.2, 0.25) is 0 Å². The number of aryl methyl sites for hydroxylation is 2. The van der Waals surface area contributed by atoms with Crippen molar-refractivity contribution in [3.05, 3.63) is 107 Å². The second kappa shape index (κ2) is 11.8. The maximum atomic E-state index is 13.7. The Morgan fingerprint density at radius 3 is 2.09 bits per heavy atom. The first-order valence-electron chi connectivity index (χ1n) is 12.4. The molecule has 4 heteroatoms. The lowest BCUT2D eigenvalue weighted by Crippen LogP contribution is -2.49. The Morgan fingerprint density at radius 1 is 0.857 bits per heavy atom. The zero-order valence-corrected chi connectivity index (χ0v) is 21.7. The van der Waals surface area contributed by atoms with Crippen molar-refractivity contribution in [3.8, 4) is 0 Å². The van der Waals surface area contributed by atoms with Crippen LogP contribution in [0, 0.1) is 6.92 Å². The molecule has 1 atom stereocenters. The average molecular weight is 471 g/mol. The van der Waals surface area contributed by atoms with Crippen LogP contribution in [-0.4, -0.2) is 29.8 Å². The van der Waals surface area contributed by atoms with E-state index in [1.807, 2.05) is 61.5 Å². The van der Waals surface area contributed by atoms with Gasteiger partial charge in [0.05, 0.1) is 0 Å². The topological polar surface area (TPSA) is 49.4 Å². The largest absolute Gasteiger partial charge is 0.357 e. The molecule has 1 N–H and O–H groups in total. The van der Waals surface area contributed by atoms with Gasteiger partial charge in [-0.25, -0.2) is 0 Å². The van der Waals surface area contributed by atoms with Crippen LogP contribution in [-0.2, 0) is 34.4 Å². The van der Waals surface area contributed by atoms with Crippen molar-refractivity contribution in [2.45, 2.75) is 65.0 Å². The fraction of sp³-hybridized carbons (Fsp3) is 0.355. The van der Waals surface area contributed by atoms with E-state index in [1.54, 1.807) is 11.9 Å². The minimum absolute atomic E-state index is 0.0160. The summed E-state index contributed by atoms with van der Waals surface area (Å²) in [6.07, 6.45) is 1.46. The molecule has 2 amide bonds. The summed E-state index contributed by atoms with van der Waals surface area (Å²) in [7, 11) is 1.63. The molecule has 184 valence electrons. The van der Waals surface area contributed by atoms with Gasteiger partial charge < -0.3 is 10.2 Å². The molecule has 3 aromatic carbocycles. The van der Waals surface area contributed by atoms with Crippen molar-refractivity contribution in [1.29, 1.82) is 0 Å². The Labute approximate surface area is 210 Å². The fourth-order valence-electron chi connectivity index (χ4n) is 4.26. The van der Waals surface area contributed by atoms with Gasteiger partial charge in [0.2, 0.25) is 11.8 Å². The van der Waals surface area contributed by atoms with Crippen LogP contribution in [0.3, 0.4) is 0 Å². The summed E-state index contributed by atoms with van der Waals surface area (Å²) in [6.45, 7) is 9.03. The Hall–Kier alpha value is -3.40. The van der Waals surface area contributed by atoms with Gasteiger partial charge in [-0.05, 0) is 46.6 Å². The van der Waals surface area contributed by atoms with E-state index >= 15 is 0 Å². The number of amides is 2. The van der Waals surface area contributed by atoms with Crippen LogP contribution >= 0.6 is 0 Å². The number of benzene rings is 3. The SMILES string of the molecule is CNC(=O)[C@H](Cc1ccccc1)N(Cc1ccccc1C)C(=O)CCc1ccc(C(C)(C)C)cc1. The first-order chi connectivity index (χ1) is 16.7. The Balaban J connectivity index is 1.85. The molecule has 0 aliphatic rings. The highest BCUT2D eigenvalue weighted by Gasteiger charge is 2.29. The van der Waals surface area contributed by atoms with E-state index in [4.69, 9.17) is 0 Å². The smallest absolute Gasteiger partial charge is 0.242 e. The molecule has 0 aliphatic carbocycles. The minimum Gasteiger partial charge on any atom is -0.357 e. The van der Waals surface area contributed by atoms with Crippen molar-refractivity contribution in [1.82, 2.24) is 10.2 Å². The summed E-state index contributed by atoms with van der Waals surface area (Å²) in [5, 5.41) is 2.78. The van der Waals surface area contributed by atoms with Crippen LogP contribution in [0.4, 0.5) is 0 Å². The lowest BCUT2D eigenvalue weighted by atomic mass is 9.86. The van der Waals surface area contributed by atoms with E-state index in [9.17, 15) is 9.59 Å². The van der Waals surface area contributed by atoms with Gasteiger partial charge in [-0.1, -0.05) is 99.6 Å². The molecular formula is C31H38N2O2. The number of rotatable bonds is 9. The van der Waals surface area contributed by atoms with Gasteiger partial charge in [-0.3, -0.25) is 9.59 Å². The van der Waals surface area contributed by atoms with Crippen molar-refractivity contribution in [2.75, 3.05) is 7.05 Å². The van der Waals surface area contributed by atoms with Crippen LogP contribution in [0.5, 0.6) is 0 Å². The number of nitrogens with zero attached hydrogens (tertiary/aromatic N) is 1. The molecule has 3 aromatic rings. The van der Waals surface area contributed by atoms with Crippen LogP contribution < -0.4 is 5.32 Å². The third-order valence-electron chi connectivity index (χ3n) is 6.57. The van der Waals surface area contributed by atoms with Gasteiger partial charge in [0.1, 0.15) is 6.04 Å². The Kier molecular flexibility index (Phi) is 8.86. The zero-order valence-electron chi connectivity index (χ0n) is 21.7.